The van der Waals surface area contributed by atoms with Crippen LogP contribution in [-0.2, 0) is 9.22 Å². The second kappa shape index (κ2) is 2.31. The number of carbonyl (C=O) groups excluding carboxylic acids is 1. The standard InChI is InChI=1S/C7H13NO3Si/c1-12(2)8-4-5(9)3-6(8)7(10)11-12/h5-6,9H,3-4H2,1-2H3. The van der Waals surface area contributed by atoms with E-state index < -0.39 is 8.48 Å². The van der Waals surface area contributed by atoms with Gasteiger partial charge in [0.15, 0.2) is 0 Å². The Labute approximate surface area is 72.3 Å². The van der Waals surface area contributed by atoms with Gasteiger partial charge in [0.25, 0.3) is 0 Å². The molecule has 0 aromatic rings. The van der Waals surface area contributed by atoms with Crippen molar-refractivity contribution in [3.8, 4) is 0 Å². The van der Waals surface area contributed by atoms with Gasteiger partial charge in [-0.05, 0) is 13.1 Å². The van der Waals surface area contributed by atoms with Gasteiger partial charge in [0.2, 0.25) is 0 Å². The topological polar surface area (TPSA) is 49.8 Å². The van der Waals surface area contributed by atoms with Crippen molar-refractivity contribution in [2.75, 3.05) is 6.54 Å². The first kappa shape index (κ1) is 8.22. The number of hydrogen-bond donors (Lipinski definition) is 1. The van der Waals surface area contributed by atoms with Crippen molar-refractivity contribution in [2.24, 2.45) is 0 Å². The van der Waals surface area contributed by atoms with Gasteiger partial charge in [0, 0.05) is 13.0 Å². The molecular weight excluding hydrogens is 174 g/mol. The first-order chi connectivity index (χ1) is 5.50. The molecule has 2 fully saturated rings. The van der Waals surface area contributed by atoms with Crippen molar-refractivity contribution in [3.05, 3.63) is 0 Å². The number of fused-ring (bicyclic) bond motifs is 1. The normalized spacial score (nSPS) is 39.8. The first-order valence-electron chi connectivity index (χ1n) is 4.18. The molecule has 4 nitrogen and oxygen atoms in total. The number of rotatable bonds is 0. The maximum atomic E-state index is 11.3. The van der Waals surface area contributed by atoms with Crippen LogP contribution in [0.3, 0.4) is 0 Å². The second-order valence-corrected chi connectivity index (χ2v) is 7.60. The Bertz CT molecular complexity index is 231. The fraction of sp³-hybridized carbons (Fsp3) is 0.857. The third kappa shape index (κ3) is 1.01. The minimum absolute atomic E-state index is 0.136. The van der Waals surface area contributed by atoms with Crippen molar-refractivity contribution in [3.63, 3.8) is 0 Å². The Hall–Kier alpha value is -0.393. The molecule has 0 aromatic carbocycles. The average molecular weight is 187 g/mol. The molecule has 0 spiro atoms. The Morgan fingerprint density at radius 2 is 2.33 bits per heavy atom. The fourth-order valence-electron chi connectivity index (χ4n) is 2.01. The van der Waals surface area contributed by atoms with Gasteiger partial charge in [0.1, 0.15) is 6.04 Å². The Morgan fingerprint density at radius 1 is 1.67 bits per heavy atom. The van der Waals surface area contributed by atoms with Crippen molar-refractivity contribution in [2.45, 2.75) is 31.7 Å². The predicted octanol–water partition coefficient (Wildman–Crippen LogP) is -0.320. The maximum absolute atomic E-state index is 11.3. The smallest absolute Gasteiger partial charge is 0.329 e. The molecule has 2 rings (SSSR count). The Kier molecular flexibility index (Phi) is 1.58. The summed E-state index contributed by atoms with van der Waals surface area (Å²) >= 11 is 0. The highest BCUT2D eigenvalue weighted by Gasteiger charge is 2.54. The van der Waals surface area contributed by atoms with Gasteiger partial charge in [0.05, 0.1) is 6.10 Å². The third-order valence-electron chi connectivity index (χ3n) is 2.59. The summed E-state index contributed by atoms with van der Waals surface area (Å²) in [6.07, 6.45) is 0.213. The van der Waals surface area contributed by atoms with E-state index in [1.807, 2.05) is 13.1 Å². The summed E-state index contributed by atoms with van der Waals surface area (Å²) in [5.41, 5.74) is 0. The fourth-order valence-corrected chi connectivity index (χ4v) is 4.36. The lowest BCUT2D eigenvalue weighted by molar-refractivity contribution is -0.134. The number of carbonyl (C=O) groups is 1. The maximum Gasteiger partial charge on any atom is 0.329 e. The van der Waals surface area contributed by atoms with Gasteiger partial charge in [-0.15, -0.1) is 0 Å². The van der Waals surface area contributed by atoms with Crippen LogP contribution in [0.1, 0.15) is 6.42 Å². The number of hydrogen-bond acceptors (Lipinski definition) is 4. The van der Waals surface area contributed by atoms with Crippen molar-refractivity contribution >= 4 is 14.4 Å². The van der Waals surface area contributed by atoms with Crippen LogP contribution in [0.4, 0.5) is 0 Å². The molecule has 2 aliphatic rings. The molecule has 12 heavy (non-hydrogen) atoms. The summed E-state index contributed by atoms with van der Waals surface area (Å²) in [5.74, 6) is -0.136. The van der Waals surface area contributed by atoms with Gasteiger partial charge >= 0.3 is 14.4 Å². The minimum atomic E-state index is -1.95. The molecule has 1 N–H and O–H groups in total. The number of aliphatic hydroxyl groups excluding tert-OH is 1. The molecule has 2 unspecified atom stereocenters. The average Bonchev–Trinajstić information content (AvgIpc) is 2.37. The molecule has 68 valence electrons. The summed E-state index contributed by atoms with van der Waals surface area (Å²) in [4.78, 5) is 11.3. The van der Waals surface area contributed by atoms with E-state index in [0.717, 1.165) is 0 Å². The Balaban J connectivity index is 2.25. The van der Waals surface area contributed by atoms with Crippen molar-refractivity contribution in [1.29, 1.82) is 0 Å². The summed E-state index contributed by atoms with van der Waals surface area (Å²) in [6, 6.07) is -0.151. The zero-order chi connectivity index (χ0) is 8.93. The summed E-state index contributed by atoms with van der Waals surface area (Å²) in [7, 11) is -1.95. The van der Waals surface area contributed by atoms with Crippen LogP contribution in [0.25, 0.3) is 0 Å². The first-order valence-corrected chi connectivity index (χ1v) is 7.04. The third-order valence-corrected chi connectivity index (χ3v) is 5.17. The highest BCUT2D eigenvalue weighted by Crippen LogP contribution is 2.32. The van der Waals surface area contributed by atoms with Crippen LogP contribution < -0.4 is 0 Å². The molecular formula is C7H13NO3Si. The highest BCUT2D eigenvalue weighted by molar-refractivity contribution is 6.71. The zero-order valence-electron chi connectivity index (χ0n) is 7.28. The molecule has 2 aliphatic heterocycles. The monoisotopic (exact) mass is 187 g/mol. The minimum Gasteiger partial charge on any atom is -0.504 e. The van der Waals surface area contributed by atoms with E-state index in [4.69, 9.17) is 4.43 Å². The van der Waals surface area contributed by atoms with Crippen LogP contribution in [0.15, 0.2) is 0 Å². The van der Waals surface area contributed by atoms with E-state index in [1.54, 1.807) is 0 Å². The van der Waals surface area contributed by atoms with Gasteiger partial charge in [-0.1, -0.05) is 0 Å². The molecule has 2 saturated heterocycles. The molecule has 0 aliphatic carbocycles. The predicted molar refractivity (Wildman–Crippen MR) is 44.7 cm³/mol. The SMILES string of the molecule is C[Si]1(C)OC(=O)C2CC(O)CN21. The lowest BCUT2D eigenvalue weighted by Crippen LogP contribution is -2.46. The van der Waals surface area contributed by atoms with Gasteiger partial charge in [-0.25, -0.2) is 0 Å². The quantitative estimate of drug-likeness (QED) is 0.528. The Morgan fingerprint density at radius 3 is 2.92 bits per heavy atom. The van der Waals surface area contributed by atoms with Crippen LogP contribution in [-0.4, -0.2) is 42.8 Å². The molecule has 5 heteroatoms. The summed E-state index contributed by atoms with van der Waals surface area (Å²) in [5, 5.41) is 9.36. The molecule has 0 aromatic heterocycles. The molecule has 0 radical (unpaired) electrons. The van der Waals surface area contributed by atoms with E-state index in [-0.39, 0.29) is 18.1 Å². The zero-order valence-corrected chi connectivity index (χ0v) is 8.28. The molecule has 0 amide bonds. The van der Waals surface area contributed by atoms with Crippen LogP contribution in [0.2, 0.25) is 13.1 Å². The summed E-state index contributed by atoms with van der Waals surface area (Å²) in [6.45, 7) is 4.58. The summed E-state index contributed by atoms with van der Waals surface area (Å²) < 4.78 is 7.33. The van der Waals surface area contributed by atoms with Gasteiger partial charge in [-0.3, -0.25) is 9.36 Å². The lowest BCUT2D eigenvalue weighted by Gasteiger charge is -2.23. The largest absolute Gasteiger partial charge is 0.504 e. The van der Waals surface area contributed by atoms with E-state index in [0.29, 0.717) is 13.0 Å². The van der Waals surface area contributed by atoms with Gasteiger partial charge < -0.3 is 9.53 Å². The van der Waals surface area contributed by atoms with E-state index in [2.05, 4.69) is 4.57 Å². The van der Waals surface area contributed by atoms with Crippen molar-refractivity contribution < 1.29 is 14.3 Å². The molecule has 2 atom stereocenters. The van der Waals surface area contributed by atoms with E-state index in [9.17, 15) is 9.90 Å². The van der Waals surface area contributed by atoms with Crippen LogP contribution in [0.5, 0.6) is 0 Å². The van der Waals surface area contributed by atoms with Crippen LogP contribution in [0, 0.1) is 0 Å². The highest BCUT2D eigenvalue weighted by atomic mass is 28.4. The van der Waals surface area contributed by atoms with Crippen LogP contribution >= 0.6 is 0 Å². The van der Waals surface area contributed by atoms with Crippen molar-refractivity contribution in [1.82, 2.24) is 4.57 Å². The van der Waals surface area contributed by atoms with E-state index >= 15 is 0 Å². The van der Waals surface area contributed by atoms with Gasteiger partial charge in [-0.2, -0.15) is 0 Å². The molecule has 0 saturated carbocycles. The molecule has 2 heterocycles. The van der Waals surface area contributed by atoms with E-state index in [1.165, 1.54) is 0 Å². The number of nitrogens with zero attached hydrogens (tertiary/aromatic N) is 1. The molecule has 0 bridgehead atoms. The number of aliphatic hydroxyl groups is 1. The second-order valence-electron chi connectivity index (χ2n) is 3.93. The lowest BCUT2D eigenvalue weighted by atomic mass is 10.2.